The molecule has 0 spiro atoms. The van der Waals surface area contributed by atoms with Crippen molar-refractivity contribution in [2.24, 2.45) is 0 Å². The zero-order valence-electron chi connectivity index (χ0n) is 18.0. The fourth-order valence-corrected chi connectivity index (χ4v) is 4.56. The number of halogens is 1. The maximum atomic E-state index is 12.4. The van der Waals surface area contributed by atoms with Crippen molar-refractivity contribution in [3.63, 3.8) is 0 Å². The summed E-state index contributed by atoms with van der Waals surface area (Å²) in [6.45, 7) is 0.416. The van der Waals surface area contributed by atoms with Crippen LogP contribution in [0.15, 0.2) is 47.4 Å². The Labute approximate surface area is 195 Å². The highest BCUT2D eigenvalue weighted by Crippen LogP contribution is 2.22. The van der Waals surface area contributed by atoms with E-state index in [1.54, 1.807) is 30.3 Å². The standard InChI is InChI=1S/C23H28ClN3O4S/c1-31-21-12-9-17(24)15-20(21)22(28)25-14-13-16-7-10-19(11-8-16)32(30)27-23(29)26-18-5-3-2-4-6-18/h7-12,15,18H,2-6,13-14H2,1H3,(H,25,28)(H2,26,27,29). The first-order valence-corrected chi connectivity index (χ1v) is 12.2. The van der Waals surface area contributed by atoms with Crippen molar-refractivity contribution in [3.8, 4) is 5.75 Å². The van der Waals surface area contributed by atoms with Crippen LogP contribution >= 0.6 is 11.6 Å². The quantitative estimate of drug-likeness (QED) is 0.535. The van der Waals surface area contributed by atoms with E-state index in [0.717, 1.165) is 31.2 Å². The van der Waals surface area contributed by atoms with Crippen LogP contribution in [-0.4, -0.2) is 35.8 Å². The van der Waals surface area contributed by atoms with Crippen molar-refractivity contribution in [2.75, 3.05) is 13.7 Å². The third kappa shape index (κ3) is 6.97. The van der Waals surface area contributed by atoms with Crippen LogP contribution in [0.1, 0.15) is 48.0 Å². The number of urea groups is 1. The summed E-state index contributed by atoms with van der Waals surface area (Å²) in [7, 11) is -0.128. The van der Waals surface area contributed by atoms with Gasteiger partial charge >= 0.3 is 6.03 Å². The third-order valence-electron chi connectivity index (χ3n) is 5.37. The van der Waals surface area contributed by atoms with Gasteiger partial charge < -0.3 is 15.4 Å². The molecule has 172 valence electrons. The van der Waals surface area contributed by atoms with Crippen molar-refractivity contribution in [2.45, 2.75) is 49.5 Å². The predicted octanol–water partition coefficient (Wildman–Crippen LogP) is 3.98. The predicted molar refractivity (Wildman–Crippen MR) is 125 cm³/mol. The number of amides is 3. The van der Waals surface area contributed by atoms with Gasteiger partial charge in [0.25, 0.3) is 5.91 Å². The molecule has 2 aromatic carbocycles. The number of nitrogens with one attached hydrogen (secondary N) is 3. The van der Waals surface area contributed by atoms with Gasteiger partial charge in [-0.1, -0.05) is 43.0 Å². The summed E-state index contributed by atoms with van der Waals surface area (Å²) in [6.07, 6.45) is 5.96. The van der Waals surface area contributed by atoms with Gasteiger partial charge in [-0.25, -0.2) is 9.00 Å². The molecule has 3 amide bonds. The van der Waals surface area contributed by atoms with Crippen LogP contribution in [0.3, 0.4) is 0 Å². The lowest BCUT2D eigenvalue weighted by molar-refractivity contribution is 0.0951. The van der Waals surface area contributed by atoms with Crippen LogP contribution in [0.2, 0.25) is 5.02 Å². The van der Waals surface area contributed by atoms with Crippen molar-refractivity contribution in [1.29, 1.82) is 0 Å². The Hall–Kier alpha value is -2.58. The summed E-state index contributed by atoms with van der Waals surface area (Å²) in [5.74, 6) is 0.189. The number of carbonyl (C=O) groups excluding carboxylic acids is 2. The molecule has 32 heavy (non-hydrogen) atoms. The average molecular weight is 478 g/mol. The average Bonchev–Trinajstić information content (AvgIpc) is 2.80. The molecule has 3 rings (SSSR count). The molecule has 0 aliphatic heterocycles. The highest BCUT2D eigenvalue weighted by molar-refractivity contribution is 7.83. The van der Waals surface area contributed by atoms with Gasteiger partial charge in [-0.05, 0) is 55.2 Å². The molecule has 1 aliphatic carbocycles. The molecular formula is C23H28ClN3O4S. The first-order valence-electron chi connectivity index (χ1n) is 10.7. The Kier molecular flexibility index (Phi) is 8.93. The molecule has 1 fully saturated rings. The van der Waals surface area contributed by atoms with Gasteiger partial charge in [-0.3, -0.25) is 9.52 Å². The van der Waals surface area contributed by atoms with Gasteiger partial charge in [0.15, 0.2) is 11.0 Å². The van der Waals surface area contributed by atoms with Gasteiger partial charge in [0.05, 0.1) is 17.6 Å². The monoisotopic (exact) mass is 477 g/mol. The molecule has 1 unspecified atom stereocenters. The molecular weight excluding hydrogens is 450 g/mol. The fraction of sp³-hybridized carbons (Fsp3) is 0.391. The Bertz CT molecular complexity index is 962. The lowest BCUT2D eigenvalue weighted by Crippen LogP contribution is -2.43. The van der Waals surface area contributed by atoms with Gasteiger partial charge in [0.2, 0.25) is 0 Å². The second kappa shape index (κ2) is 11.9. The zero-order chi connectivity index (χ0) is 22.9. The summed E-state index contributed by atoms with van der Waals surface area (Å²) in [4.78, 5) is 25.0. The minimum Gasteiger partial charge on any atom is -0.496 e. The number of hydrogen-bond donors (Lipinski definition) is 3. The van der Waals surface area contributed by atoms with Gasteiger partial charge in [-0.2, -0.15) is 0 Å². The summed E-state index contributed by atoms with van der Waals surface area (Å²) in [5.41, 5.74) is 1.35. The molecule has 1 atom stereocenters. The minimum absolute atomic E-state index is 0.158. The van der Waals surface area contributed by atoms with E-state index in [2.05, 4.69) is 15.4 Å². The number of ether oxygens (including phenoxy) is 1. The highest BCUT2D eigenvalue weighted by Gasteiger charge is 2.17. The van der Waals surface area contributed by atoms with Crippen LogP contribution in [-0.2, 0) is 17.4 Å². The molecule has 0 heterocycles. The van der Waals surface area contributed by atoms with Crippen molar-refractivity contribution in [1.82, 2.24) is 15.4 Å². The molecule has 2 aromatic rings. The van der Waals surface area contributed by atoms with E-state index in [0.29, 0.717) is 34.2 Å². The largest absolute Gasteiger partial charge is 0.496 e. The first-order chi connectivity index (χ1) is 15.5. The van der Waals surface area contributed by atoms with Crippen molar-refractivity contribution < 1.29 is 18.5 Å². The molecule has 0 saturated heterocycles. The minimum atomic E-state index is -1.63. The second-order valence-corrected chi connectivity index (χ2v) is 9.32. The van der Waals surface area contributed by atoms with E-state index in [9.17, 15) is 13.8 Å². The number of hydrogen-bond acceptors (Lipinski definition) is 4. The molecule has 9 heteroatoms. The SMILES string of the molecule is COc1ccc(Cl)cc1C(=O)NCCc1ccc(S(=O)NC(=O)NC2CCCCC2)cc1. The lowest BCUT2D eigenvalue weighted by Gasteiger charge is -2.22. The Morgan fingerprint density at radius 1 is 1.09 bits per heavy atom. The Balaban J connectivity index is 1.46. The van der Waals surface area contributed by atoms with Gasteiger partial charge in [0, 0.05) is 17.6 Å². The number of rotatable bonds is 8. The fourth-order valence-electron chi connectivity index (χ4n) is 3.66. The molecule has 0 radical (unpaired) electrons. The van der Waals surface area contributed by atoms with Crippen LogP contribution < -0.4 is 20.1 Å². The van der Waals surface area contributed by atoms with E-state index >= 15 is 0 Å². The Morgan fingerprint density at radius 3 is 2.50 bits per heavy atom. The summed E-state index contributed by atoms with van der Waals surface area (Å²) < 4.78 is 20.1. The number of benzene rings is 2. The summed E-state index contributed by atoms with van der Waals surface area (Å²) in [5, 5.41) is 6.20. The molecule has 0 aromatic heterocycles. The van der Waals surface area contributed by atoms with E-state index in [-0.39, 0.29) is 11.9 Å². The van der Waals surface area contributed by atoms with Crippen molar-refractivity contribution >= 4 is 34.5 Å². The zero-order valence-corrected chi connectivity index (χ0v) is 19.6. The molecule has 1 aliphatic rings. The van der Waals surface area contributed by atoms with Crippen LogP contribution in [0.4, 0.5) is 4.79 Å². The highest BCUT2D eigenvalue weighted by atomic mass is 35.5. The molecule has 7 nitrogen and oxygen atoms in total. The first kappa shape index (κ1) is 24.1. The molecule has 0 bridgehead atoms. The van der Waals surface area contributed by atoms with Crippen molar-refractivity contribution in [3.05, 3.63) is 58.6 Å². The van der Waals surface area contributed by atoms with Gasteiger partial charge in [-0.15, -0.1) is 0 Å². The normalized spacial score (nSPS) is 14.9. The number of carbonyl (C=O) groups is 2. The second-order valence-electron chi connectivity index (χ2n) is 7.67. The topological polar surface area (TPSA) is 96.5 Å². The summed E-state index contributed by atoms with van der Waals surface area (Å²) >= 11 is 5.98. The number of methoxy groups -OCH3 is 1. The Morgan fingerprint density at radius 2 is 1.81 bits per heavy atom. The van der Waals surface area contributed by atoms with Crippen LogP contribution in [0.25, 0.3) is 0 Å². The van der Waals surface area contributed by atoms with Gasteiger partial charge in [0.1, 0.15) is 5.75 Å². The lowest BCUT2D eigenvalue weighted by atomic mass is 9.96. The van der Waals surface area contributed by atoms with E-state index in [1.807, 2.05) is 12.1 Å². The maximum absolute atomic E-state index is 12.4. The maximum Gasteiger partial charge on any atom is 0.327 e. The van der Waals surface area contributed by atoms with Crippen LogP contribution in [0, 0.1) is 0 Å². The molecule has 1 saturated carbocycles. The van der Waals surface area contributed by atoms with E-state index in [4.69, 9.17) is 16.3 Å². The van der Waals surface area contributed by atoms with E-state index < -0.39 is 17.0 Å². The third-order valence-corrected chi connectivity index (χ3v) is 6.67. The smallest absolute Gasteiger partial charge is 0.327 e. The van der Waals surface area contributed by atoms with E-state index in [1.165, 1.54) is 13.5 Å². The van der Waals surface area contributed by atoms with Crippen LogP contribution in [0.5, 0.6) is 5.75 Å². The molecule has 3 N–H and O–H groups in total. The summed E-state index contributed by atoms with van der Waals surface area (Å²) in [6, 6.07) is 11.7.